The van der Waals surface area contributed by atoms with Crippen LogP contribution in [0.5, 0.6) is 0 Å². The van der Waals surface area contributed by atoms with E-state index in [9.17, 15) is 0 Å². The summed E-state index contributed by atoms with van der Waals surface area (Å²) >= 11 is -3.75. The molecule has 9 nitrogen and oxygen atoms in total. The van der Waals surface area contributed by atoms with Gasteiger partial charge in [-0.1, -0.05) is 0 Å². The molecule has 80 valence electrons. The van der Waals surface area contributed by atoms with Gasteiger partial charge < -0.3 is 0 Å². The summed E-state index contributed by atoms with van der Waals surface area (Å²) in [6, 6.07) is 8.28. The van der Waals surface area contributed by atoms with E-state index in [1.165, 1.54) is 0 Å². The van der Waals surface area contributed by atoms with E-state index in [4.69, 9.17) is 16.6 Å². The molecule has 0 heterocycles. The molecular weight excluding hydrogens is 277 g/mol. The standard InChI is InChI=1S/C6H5N9Se/c7-10-13-16(14-11-8,15-12-9)6-4-2-1-3-5-6/h1-5H. The SMILES string of the molecule is [N-]=[N+]=N[Se](N=[N+]=[N-])(N=[N+]=[N-])c1ccccc1. The van der Waals surface area contributed by atoms with E-state index in [1.807, 2.05) is 0 Å². The molecule has 1 rings (SSSR count). The molecule has 0 atom stereocenters. The van der Waals surface area contributed by atoms with Crippen molar-refractivity contribution in [1.29, 1.82) is 0 Å². The van der Waals surface area contributed by atoms with Crippen LogP contribution in [0, 0.1) is 0 Å². The number of hydrogen-bond acceptors (Lipinski definition) is 3. The van der Waals surface area contributed by atoms with Crippen molar-refractivity contribution in [2.45, 2.75) is 0 Å². The first-order chi connectivity index (χ1) is 7.79. The molecule has 0 saturated heterocycles. The second-order valence-electron chi connectivity index (χ2n) is 2.35. The quantitative estimate of drug-likeness (QED) is 0.346. The zero-order valence-electron chi connectivity index (χ0n) is 7.82. The summed E-state index contributed by atoms with van der Waals surface area (Å²) in [6.07, 6.45) is 0. The minimum absolute atomic E-state index is 0.451. The first kappa shape index (κ1) is 11.7. The molecule has 0 bridgehead atoms. The fourth-order valence-corrected chi connectivity index (χ4v) is 3.48. The molecule has 16 heavy (non-hydrogen) atoms. The van der Waals surface area contributed by atoms with Gasteiger partial charge in [0.15, 0.2) is 0 Å². The van der Waals surface area contributed by atoms with Crippen LogP contribution in [0.15, 0.2) is 42.7 Å². The molecule has 1 aromatic rings. The van der Waals surface area contributed by atoms with E-state index in [1.54, 1.807) is 30.3 Å². The third-order valence-electron chi connectivity index (χ3n) is 1.51. The van der Waals surface area contributed by atoms with Crippen molar-refractivity contribution in [1.82, 2.24) is 0 Å². The van der Waals surface area contributed by atoms with Gasteiger partial charge in [-0.2, -0.15) is 0 Å². The molecule has 0 fully saturated rings. The molecule has 0 aliphatic rings. The van der Waals surface area contributed by atoms with Crippen LogP contribution in [0.1, 0.15) is 0 Å². The maximum atomic E-state index is 8.45. The fourth-order valence-electron chi connectivity index (χ4n) is 0.946. The molecule has 0 saturated carbocycles. The summed E-state index contributed by atoms with van der Waals surface area (Å²) in [5, 5.41) is 0. The Hall–Kier alpha value is -2.33. The van der Waals surface area contributed by atoms with Crippen molar-refractivity contribution in [3.8, 4) is 0 Å². The first-order valence-corrected chi connectivity index (χ1v) is 7.02. The van der Waals surface area contributed by atoms with Crippen LogP contribution in [0.3, 0.4) is 0 Å². The molecule has 0 aliphatic carbocycles. The number of azide groups is 1. The second kappa shape index (κ2) is 5.53. The summed E-state index contributed by atoms with van der Waals surface area (Å²) in [6.45, 7) is 0. The Labute approximate surface area is 92.4 Å². The summed E-state index contributed by atoms with van der Waals surface area (Å²) in [5.41, 5.74) is 25.3. The van der Waals surface area contributed by atoms with E-state index in [2.05, 4.69) is 27.1 Å². The molecule has 0 spiro atoms. The minimum atomic E-state index is -3.75. The Kier molecular flexibility index (Phi) is 4.06. The van der Waals surface area contributed by atoms with E-state index >= 15 is 0 Å². The van der Waals surface area contributed by atoms with Crippen molar-refractivity contribution in [3.63, 3.8) is 0 Å². The van der Waals surface area contributed by atoms with Crippen LogP contribution in [0.4, 0.5) is 0 Å². The molecule has 10 heteroatoms. The molecule has 0 N–H and O–H groups in total. The van der Waals surface area contributed by atoms with Crippen molar-refractivity contribution < 1.29 is 0 Å². The van der Waals surface area contributed by atoms with Crippen LogP contribution in [-0.2, 0) is 0 Å². The number of benzene rings is 1. The van der Waals surface area contributed by atoms with Crippen LogP contribution < -0.4 is 4.46 Å². The summed E-state index contributed by atoms with van der Waals surface area (Å²) in [5.74, 6) is 0. The Morgan fingerprint density at radius 1 is 0.812 bits per heavy atom. The maximum absolute atomic E-state index is 8.45. The second-order valence-corrected chi connectivity index (χ2v) is 6.54. The van der Waals surface area contributed by atoms with Gasteiger partial charge in [-0.25, -0.2) is 0 Å². The van der Waals surface area contributed by atoms with Crippen molar-refractivity contribution >= 4 is 18.0 Å². The zero-order chi connectivity index (χ0) is 11.9. The van der Waals surface area contributed by atoms with Crippen LogP contribution >= 0.6 is 0 Å². The zero-order valence-corrected chi connectivity index (χ0v) is 9.53. The molecule has 0 amide bonds. The topological polar surface area (TPSA) is 146 Å². The van der Waals surface area contributed by atoms with Crippen molar-refractivity contribution in [2.75, 3.05) is 0 Å². The molecule has 1 aromatic carbocycles. The third kappa shape index (κ3) is 2.37. The van der Waals surface area contributed by atoms with E-state index < -0.39 is 13.5 Å². The van der Waals surface area contributed by atoms with Gasteiger partial charge in [0.2, 0.25) is 0 Å². The predicted molar refractivity (Wildman–Crippen MR) is 59.3 cm³/mol. The fraction of sp³-hybridized carbons (Fsp3) is 0. The Balaban J connectivity index is 3.49. The van der Waals surface area contributed by atoms with Gasteiger partial charge in [0, 0.05) is 0 Å². The Bertz CT molecular complexity index is 461. The third-order valence-corrected chi connectivity index (χ3v) is 5.30. The average Bonchev–Trinajstić information content (AvgIpc) is 2.31. The van der Waals surface area contributed by atoms with Gasteiger partial charge in [-0.05, 0) is 0 Å². The normalized spacial score (nSPS) is 14.2. The van der Waals surface area contributed by atoms with Gasteiger partial charge in [0.1, 0.15) is 0 Å². The summed E-state index contributed by atoms with van der Waals surface area (Å²) < 4.78 is 10.7. The Morgan fingerprint density at radius 2 is 1.25 bits per heavy atom. The number of nitrogens with zero attached hydrogens (tertiary/aromatic N) is 9. The molecule has 0 unspecified atom stereocenters. The van der Waals surface area contributed by atoms with Gasteiger partial charge in [0.05, 0.1) is 0 Å². The molecule has 0 aromatic heterocycles. The first-order valence-electron chi connectivity index (χ1n) is 3.86. The van der Waals surface area contributed by atoms with Gasteiger partial charge in [-0.15, -0.1) is 0 Å². The van der Waals surface area contributed by atoms with Gasteiger partial charge in [0.25, 0.3) is 0 Å². The number of rotatable bonds is 4. The van der Waals surface area contributed by atoms with E-state index in [0.717, 1.165) is 0 Å². The molecule has 0 aliphatic heterocycles. The monoisotopic (exact) mass is 283 g/mol. The molecule has 0 radical (unpaired) electrons. The average molecular weight is 282 g/mol. The molecular formula is C6H5N9Se. The van der Waals surface area contributed by atoms with Crippen molar-refractivity contribution in [2.24, 2.45) is 12.4 Å². The van der Waals surface area contributed by atoms with E-state index in [0.29, 0.717) is 4.46 Å². The Morgan fingerprint density at radius 3 is 1.62 bits per heavy atom. The summed E-state index contributed by atoms with van der Waals surface area (Å²) in [4.78, 5) is 7.76. The van der Waals surface area contributed by atoms with Crippen LogP contribution in [-0.4, -0.2) is 13.5 Å². The van der Waals surface area contributed by atoms with Crippen molar-refractivity contribution in [3.05, 3.63) is 61.7 Å². The van der Waals surface area contributed by atoms with Gasteiger partial charge in [-0.3, -0.25) is 0 Å². The van der Waals surface area contributed by atoms with Crippen LogP contribution in [0.25, 0.3) is 31.3 Å². The van der Waals surface area contributed by atoms with Gasteiger partial charge >= 0.3 is 92.0 Å². The summed E-state index contributed by atoms with van der Waals surface area (Å²) in [7, 11) is 0. The van der Waals surface area contributed by atoms with Crippen LogP contribution in [0.2, 0.25) is 0 Å². The van der Waals surface area contributed by atoms with E-state index in [-0.39, 0.29) is 0 Å². The predicted octanol–water partition coefficient (Wildman–Crippen LogP) is 2.76. The number of hydrogen-bond donors (Lipinski definition) is 0.